The van der Waals surface area contributed by atoms with Gasteiger partial charge in [-0.3, -0.25) is 4.79 Å². The number of nitrogens with one attached hydrogen (secondary N) is 1. The van der Waals surface area contributed by atoms with E-state index in [9.17, 15) is 4.79 Å². The van der Waals surface area contributed by atoms with Crippen molar-refractivity contribution in [3.8, 4) is 11.4 Å². The lowest BCUT2D eigenvalue weighted by Gasteiger charge is -2.18. The summed E-state index contributed by atoms with van der Waals surface area (Å²) in [6.45, 7) is 3.56. The molecular formula is C17H16ClN3O. The average molecular weight is 314 g/mol. The Morgan fingerprint density at radius 3 is 2.73 bits per heavy atom. The van der Waals surface area contributed by atoms with Crippen LogP contribution in [0.2, 0.25) is 5.02 Å². The lowest BCUT2D eigenvalue weighted by molar-refractivity contribution is -0.116. The number of aromatic amines is 1. The van der Waals surface area contributed by atoms with Gasteiger partial charge in [0.05, 0.1) is 16.7 Å². The quantitative estimate of drug-likeness (QED) is 0.771. The number of amides is 1. The SMILES string of the molecule is CC(=O)N(C)c1ccc(Cl)cc1-c1nc2ccc(C)cc2[nH]1. The van der Waals surface area contributed by atoms with E-state index in [1.54, 1.807) is 18.0 Å². The van der Waals surface area contributed by atoms with Crippen LogP contribution in [0, 0.1) is 6.92 Å². The maximum Gasteiger partial charge on any atom is 0.223 e. The van der Waals surface area contributed by atoms with Crippen molar-refractivity contribution in [3.63, 3.8) is 0 Å². The fourth-order valence-electron chi connectivity index (χ4n) is 2.41. The van der Waals surface area contributed by atoms with E-state index in [1.165, 1.54) is 6.92 Å². The summed E-state index contributed by atoms with van der Waals surface area (Å²) in [5, 5.41) is 0.604. The number of carbonyl (C=O) groups is 1. The van der Waals surface area contributed by atoms with Gasteiger partial charge >= 0.3 is 0 Å². The van der Waals surface area contributed by atoms with Crippen molar-refractivity contribution in [2.45, 2.75) is 13.8 Å². The summed E-state index contributed by atoms with van der Waals surface area (Å²) in [7, 11) is 1.74. The summed E-state index contributed by atoms with van der Waals surface area (Å²) in [5.41, 5.74) is 4.59. The second kappa shape index (κ2) is 5.46. The fraction of sp³-hybridized carbons (Fsp3) is 0.176. The third-order valence-electron chi connectivity index (χ3n) is 3.68. The van der Waals surface area contributed by atoms with Gasteiger partial charge in [0.25, 0.3) is 0 Å². The molecule has 1 N–H and O–H groups in total. The van der Waals surface area contributed by atoms with E-state index in [2.05, 4.69) is 9.97 Å². The molecule has 0 radical (unpaired) electrons. The van der Waals surface area contributed by atoms with Crippen LogP contribution in [0.5, 0.6) is 0 Å². The maximum absolute atomic E-state index is 11.7. The molecule has 0 aliphatic carbocycles. The van der Waals surface area contributed by atoms with E-state index in [0.717, 1.165) is 27.8 Å². The second-order valence-corrected chi connectivity index (χ2v) is 5.78. The van der Waals surface area contributed by atoms with Gasteiger partial charge in [-0.1, -0.05) is 17.7 Å². The molecule has 1 aromatic heterocycles. The normalized spacial score (nSPS) is 10.9. The molecule has 1 heterocycles. The largest absolute Gasteiger partial charge is 0.338 e. The lowest BCUT2D eigenvalue weighted by atomic mass is 10.1. The van der Waals surface area contributed by atoms with Gasteiger partial charge in [0, 0.05) is 24.6 Å². The van der Waals surface area contributed by atoms with Gasteiger partial charge in [0.15, 0.2) is 0 Å². The number of fused-ring (bicyclic) bond motifs is 1. The number of halogens is 1. The average Bonchev–Trinajstić information content (AvgIpc) is 2.89. The lowest BCUT2D eigenvalue weighted by Crippen LogP contribution is -2.23. The molecule has 1 amide bonds. The van der Waals surface area contributed by atoms with Crippen molar-refractivity contribution in [2.24, 2.45) is 0 Å². The highest BCUT2D eigenvalue weighted by molar-refractivity contribution is 6.31. The Morgan fingerprint density at radius 2 is 2.00 bits per heavy atom. The van der Waals surface area contributed by atoms with E-state index in [1.807, 2.05) is 37.3 Å². The molecule has 3 rings (SSSR count). The molecule has 2 aromatic carbocycles. The molecule has 22 heavy (non-hydrogen) atoms. The number of nitrogens with zero attached hydrogens (tertiary/aromatic N) is 2. The van der Waals surface area contributed by atoms with Crippen molar-refractivity contribution < 1.29 is 4.79 Å². The topological polar surface area (TPSA) is 49.0 Å². The van der Waals surface area contributed by atoms with Crippen molar-refractivity contribution >= 4 is 34.2 Å². The number of anilines is 1. The van der Waals surface area contributed by atoms with Gasteiger partial charge in [0.2, 0.25) is 5.91 Å². The van der Waals surface area contributed by atoms with Crippen LogP contribution in [0.4, 0.5) is 5.69 Å². The predicted octanol–water partition coefficient (Wildman–Crippen LogP) is 4.17. The summed E-state index contributed by atoms with van der Waals surface area (Å²) in [4.78, 5) is 21.2. The second-order valence-electron chi connectivity index (χ2n) is 5.35. The summed E-state index contributed by atoms with van der Waals surface area (Å²) < 4.78 is 0. The maximum atomic E-state index is 11.7. The first-order chi connectivity index (χ1) is 10.5. The number of aryl methyl sites for hydroxylation is 1. The molecule has 0 fully saturated rings. The minimum absolute atomic E-state index is 0.0458. The first kappa shape index (κ1) is 14.6. The number of carbonyl (C=O) groups excluding carboxylic acids is 1. The first-order valence-corrected chi connectivity index (χ1v) is 7.34. The van der Waals surface area contributed by atoms with E-state index in [4.69, 9.17) is 11.6 Å². The van der Waals surface area contributed by atoms with Crippen LogP contribution in [0.3, 0.4) is 0 Å². The van der Waals surface area contributed by atoms with Gasteiger partial charge in [-0.2, -0.15) is 0 Å². The van der Waals surface area contributed by atoms with Gasteiger partial charge in [-0.05, 0) is 42.8 Å². The minimum Gasteiger partial charge on any atom is -0.338 e. The molecule has 5 heteroatoms. The van der Waals surface area contributed by atoms with Crippen LogP contribution < -0.4 is 4.90 Å². The van der Waals surface area contributed by atoms with Gasteiger partial charge in [-0.25, -0.2) is 4.98 Å². The Bertz CT molecular complexity index is 869. The Balaban J connectivity index is 2.20. The number of H-pyrrole nitrogens is 1. The van der Waals surface area contributed by atoms with Gasteiger partial charge in [-0.15, -0.1) is 0 Å². The Kier molecular flexibility index (Phi) is 3.62. The molecule has 0 bridgehead atoms. The monoisotopic (exact) mass is 313 g/mol. The number of hydrogen-bond acceptors (Lipinski definition) is 2. The molecular weight excluding hydrogens is 298 g/mol. The molecule has 112 valence electrons. The standard InChI is InChI=1S/C17H16ClN3O/c1-10-4-6-14-15(8-10)20-17(19-14)13-9-12(18)5-7-16(13)21(3)11(2)22/h4-9H,1-3H3,(H,19,20). The molecule has 0 unspecified atom stereocenters. The highest BCUT2D eigenvalue weighted by Crippen LogP contribution is 2.32. The highest BCUT2D eigenvalue weighted by Gasteiger charge is 2.16. The molecule has 0 spiro atoms. The number of benzene rings is 2. The molecule has 4 nitrogen and oxygen atoms in total. The third kappa shape index (κ3) is 2.57. The van der Waals surface area contributed by atoms with Crippen LogP contribution in [0.25, 0.3) is 22.4 Å². The van der Waals surface area contributed by atoms with Crippen LogP contribution in [0.1, 0.15) is 12.5 Å². The number of rotatable bonds is 2. The smallest absolute Gasteiger partial charge is 0.223 e. The summed E-state index contributed by atoms with van der Waals surface area (Å²) in [6.07, 6.45) is 0. The number of aromatic nitrogens is 2. The van der Waals surface area contributed by atoms with Crippen molar-refractivity contribution in [1.82, 2.24) is 9.97 Å². The van der Waals surface area contributed by atoms with E-state index in [-0.39, 0.29) is 5.91 Å². The van der Waals surface area contributed by atoms with E-state index >= 15 is 0 Å². The zero-order valence-corrected chi connectivity index (χ0v) is 13.4. The number of hydrogen-bond donors (Lipinski definition) is 1. The Morgan fingerprint density at radius 1 is 1.23 bits per heavy atom. The van der Waals surface area contributed by atoms with Crippen molar-refractivity contribution in [3.05, 3.63) is 47.0 Å². The van der Waals surface area contributed by atoms with Crippen LogP contribution >= 0.6 is 11.6 Å². The van der Waals surface area contributed by atoms with Crippen molar-refractivity contribution in [1.29, 1.82) is 0 Å². The Labute approximate surface area is 133 Å². The molecule has 3 aromatic rings. The molecule has 0 atom stereocenters. The fourth-order valence-corrected chi connectivity index (χ4v) is 2.58. The van der Waals surface area contributed by atoms with Gasteiger partial charge < -0.3 is 9.88 Å². The molecule has 0 aliphatic heterocycles. The van der Waals surface area contributed by atoms with Crippen molar-refractivity contribution in [2.75, 3.05) is 11.9 Å². The zero-order valence-electron chi connectivity index (χ0n) is 12.6. The summed E-state index contributed by atoms with van der Waals surface area (Å²) in [5.74, 6) is 0.654. The van der Waals surface area contributed by atoms with Crippen LogP contribution in [-0.2, 0) is 4.79 Å². The summed E-state index contributed by atoms with van der Waals surface area (Å²) in [6, 6.07) is 11.5. The molecule has 0 saturated heterocycles. The molecule has 0 saturated carbocycles. The number of imidazole rings is 1. The Hall–Kier alpha value is -2.33. The zero-order chi connectivity index (χ0) is 15.9. The van der Waals surface area contributed by atoms with Gasteiger partial charge in [0.1, 0.15) is 5.82 Å². The van der Waals surface area contributed by atoms with Crippen LogP contribution in [-0.4, -0.2) is 22.9 Å². The molecule has 0 aliphatic rings. The van der Waals surface area contributed by atoms with E-state index in [0.29, 0.717) is 10.8 Å². The third-order valence-corrected chi connectivity index (χ3v) is 3.92. The van der Waals surface area contributed by atoms with E-state index < -0.39 is 0 Å². The first-order valence-electron chi connectivity index (χ1n) is 6.96. The predicted molar refractivity (Wildman–Crippen MR) is 90.4 cm³/mol. The summed E-state index contributed by atoms with van der Waals surface area (Å²) >= 11 is 6.13. The minimum atomic E-state index is -0.0458. The highest BCUT2D eigenvalue weighted by atomic mass is 35.5. The van der Waals surface area contributed by atoms with Crippen LogP contribution in [0.15, 0.2) is 36.4 Å².